The second kappa shape index (κ2) is 10.7. The summed E-state index contributed by atoms with van der Waals surface area (Å²) in [5.74, 6) is 0. The second-order valence-electron chi connectivity index (χ2n) is 5.38. The van der Waals surface area contributed by atoms with E-state index in [2.05, 4.69) is 31.2 Å². The van der Waals surface area contributed by atoms with Gasteiger partial charge in [-0.2, -0.15) is 0 Å². The molecule has 2 rings (SSSR count). The van der Waals surface area contributed by atoms with E-state index in [4.69, 9.17) is 0 Å². The van der Waals surface area contributed by atoms with Gasteiger partial charge in [-0.1, -0.05) is 67.1 Å². The van der Waals surface area contributed by atoms with E-state index in [1.807, 2.05) is 37.3 Å². The number of aliphatic hydroxyl groups excluding tert-OH is 1. The summed E-state index contributed by atoms with van der Waals surface area (Å²) in [5, 5.41) is 9.33. The molecule has 0 amide bonds. The van der Waals surface area contributed by atoms with Crippen LogP contribution in [0.4, 0.5) is 0 Å². The maximum Gasteiger partial charge on any atom is 0.120 e. The lowest BCUT2D eigenvalue weighted by molar-refractivity contribution is -0.107. The Labute approximate surface area is 133 Å². The first-order valence-electron chi connectivity index (χ1n) is 7.89. The molecule has 0 heterocycles. The summed E-state index contributed by atoms with van der Waals surface area (Å²) in [4.78, 5) is 10.0. The average molecular weight is 298 g/mol. The van der Waals surface area contributed by atoms with Gasteiger partial charge in [0.2, 0.25) is 0 Å². The molecular weight excluding hydrogens is 272 g/mol. The molecule has 118 valence electrons. The highest BCUT2D eigenvalue weighted by atomic mass is 16.3. The first-order valence-corrected chi connectivity index (χ1v) is 7.89. The van der Waals surface area contributed by atoms with Crippen LogP contribution in [-0.2, 0) is 11.2 Å². The van der Waals surface area contributed by atoms with Crippen molar-refractivity contribution >= 4 is 6.29 Å². The summed E-state index contributed by atoms with van der Waals surface area (Å²) in [7, 11) is 0. The van der Waals surface area contributed by atoms with Gasteiger partial charge in [-0.05, 0) is 37.3 Å². The van der Waals surface area contributed by atoms with Crippen LogP contribution < -0.4 is 0 Å². The molecule has 0 saturated heterocycles. The number of unbranched alkanes of at least 4 members (excludes halogenated alkanes) is 1. The van der Waals surface area contributed by atoms with Gasteiger partial charge in [0.15, 0.2) is 0 Å². The summed E-state index contributed by atoms with van der Waals surface area (Å²) in [6.45, 7) is 4.05. The maximum absolute atomic E-state index is 10.0. The van der Waals surface area contributed by atoms with E-state index in [1.165, 1.54) is 11.1 Å². The van der Waals surface area contributed by atoms with Gasteiger partial charge in [-0.3, -0.25) is 0 Å². The normalized spacial score (nSPS) is 11.2. The van der Waals surface area contributed by atoms with Crippen LogP contribution in [0, 0.1) is 6.92 Å². The smallest absolute Gasteiger partial charge is 0.120 e. The van der Waals surface area contributed by atoms with E-state index in [9.17, 15) is 9.90 Å². The third-order valence-electron chi connectivity index (χ3n) is 3.48. The van der Waals surface area contributed by atoms with Crippen LogP contribution >= 0.6 is 0 Å². The van der Waals surface area contributed by atoms with Gasteiger partial charge in [0, 0.05) is 6.42 Å². The molecule has 0 aliphatic heterocycles. The Balaban J connectivity index is 0.000000224. The fourth-order valence-electron chi connectivity index (χ4n) is 2.06. The molecule has 2 nitrogen and oxygen atoms in total. The first kappa shape index (κ1) is 18.1. The van der Waals surface area contributed by atoms with Crippen molar-refractivity contribution in [3.8, 4) is 0 Å². The minimum atomic E-state index is -0.291. The van der Waals surface area contributed by atoms with E-state index in [-0.39, 0.29) is 6.10 Å². The maximum atomic E-state index is 10.0. The predicted molar refractivity (Wildman–Crippen MR) is 91.9 cm³/mol. The molecule has 0 saturated carbocycles. The van der Waals surface area contributed by atoms with Crippen molar-refractivity contribution in [3.05, 3.63) is 71.3 Å². The van der Waals surface area contributed by atoms with E-state index in [1.54, 1.807) is 0 Å². The number of carbonyl (C=O) groups is 1. The molecule has 1 atom stereocenters. The van der Waals surface area contributed by atoms with Crippen LogP contribution in [0.1, 0.15) is 49.0 Å². The minimum Gasteiger partial charge on any atom is -0.388 e. The van der Waals surface area contributed by atoms with E-state index in [0.29, 0.717) is 6.42 Å². The number of carbonyl (C=O) groups excluding carboxylic acids is 1. The summed E-state index contributed by atoms with van der Waals surface area (Å²) in [6.07, 6.45) is 4.12. The third kappa shape index (κ3) is 7.19. The summed E-state index contributed by atoms with van der Waals surface area (Å²) < 4.78 is 0. The molecule has 22 heavy (non-hydrogen) atoms. The van der Waals surface area contributed by atoms with Gasteiger partial charge in [-0.15, -0.1) is 0 Å². The van der Waals surface area contributed by atoms with Gasteiger partial charge < -0.3 is 9.90 Å². The predicted octanol–water partition coefficient (Wildman–Crippen LogP) is 4.65. The average Bonchev–Trinajstić information content (AvgIpc) is 2.57. The van der Waals surface area contributed by atoms with Crippen molar-refractivity contribution in [2.75, 3.05) is 0 Å². The molecule has 2 aromatic rings. The molecule has 2 aromatic carbocycles. The Morgan fingerprint density at radius 3 is 2.23 bits per heavy atom. The highest BCUT2D eigenvalue weighted by Gasteiger charge is 2.00. The van der Waals surface area contributed by atoms with Crippen molar-refractivity contribution in [2.45, 2.75) is 45.6 Å². The Kier molecular flexibility index (Phi) is 8.85. The van der Waals surface area contributed by atoms with E-state index < -0.39 is 0 Å². The van der Waals surface area contributed by atoms with Crippen LogP contribution in [0.5, 0.6) is 0 Å². The van der Waals surface area contributed by atoms with Gasteiger partial charge in [-0.25, -0.2) is 0 Å². The van der Waals surface area contributed by atoms with Crippen molar-refractivity contribution in [2.24, 2.45) is 0 Å². The molecule has 0 fully saturated rings. The number of aliphatic hydroxyl groups is 1. The molecule has 0 aliphatic carbocycles. The molecule has 1 N–H and O–H groups in total. The zero-order chi connectivity index (χ0) is 16.2. The fraction of sp³-hybridized carbons (Fsp3) is 0.350. The number of aldehydes is 1. The monoisotopic (exact) mass is 298 g/mol. The molecule has 0 aromatic heterocycles. The third-order valence-corrected chi connectivity index (χ3v) is 3.48. The van der Waals surface area contributed by atoms with Gasteiger partial charge in [0.25, 0.3) is 0 Å². The Morgan fingerprint density at radius 1 is 1.05 bits per heavy atom. The first-order chi connectivity index (χ1) is 10.7. The van der Waals surface area contributed by atoms with E-state index >= 15 is 0 Å². The topological polar surface area (TPSA) is 37.3 Å². The highest BCUT2D eigenvalue weighted by molar-refractivity contribution is 5.49. The largest absolute Gasteiger partial charge is 0.388 e. The highest BCUT2D eigenvalue weighted by Crippen LogP contribution is 2.14. The summed E-state index contributed by atoms with van der Waals surface area (Å²) >= 11 is 0. The fourth-order valence-corrected chi connectivity index (χ4v) is 2.06. The van der Waals surface area contributed by atoms with Crippen molar-refractivity contribution in [1.29, 1.82) is 0 Å². The Bertz CT molecular complexity index is 517. The van der Waals surface area contributed by atoms with Crippen LogP contribution in [0.3, 0.4) is 0 Å². The molecule has 1 unspecified atom stereocenters. The van der Waals surface area contributed by atoms with Gasteiger partial charge in [0.05, 0.1) is 6.10 Å². The molecular formula is C20H26O2. The second-order valence-corrected chi connectivity index (χ2v) is 5.38. The number of hydrogen-bond donors (Lipinski definition) is 1. The van der Waals surface area contributed by atoms with Crippen molar-refractivity contribution < 1.29 is 9.90 Å². The lowest BCUT2D eigenvalue weighted by Gasteiger charge is -2.05. The minimum absolute atomic E-state index is 0.291. The van der Waals surface area contributed by atoms with Gasteiger partial charge >= 0.3 is 0 Å². The van der Waals surface area contributed by atoms with Gasteiger partial charge in [0.1, 0.15) is 6.29 Å². The van der Waals surface area contributed by atoms with Crippen LogP contribution in [0.2, 0.25) is 0 Å². The zero-order valence-electron chi connectivity index (χ0n) is 13.5. The SMILES string of the molecule is CCC(O)c1ccccc1.Cc1ccc(CCCC=O)cc1. The summed E-state index contributed by atoms with van der Waals surface area (Å²) in [6, 6.07) is 18.2. The number of rotatable bonds is 6. The van der Waals surface area contributed by atoms with Crippen molar-refractivity contribution in [1.82, 2.24) is 0 Å². The molecule has 0 radical (unpaired) electrons. The Morgan fingerprint density at radius 2 is 1.68 bits per heavy atom. The quantitative estimate of drug-likeness (QED) is 0.623. The number of benzene rings is 2. The lowest BCUT2D eigenvalue weighted by atomic mass is 10.1. The molecule has 0 bridgehead atoms. The molecule has 0 spiro atoms. The van der Waals surface area contributed by atoms with Crippen molar-refractivity contribution in [3.63, 3.8) is 0 Å². The Hall–Kier alpha value is -1.93. The number of hydrogen-bond acceptors (Lipinski definition) is 2. The summed E-state index contributed by atoms with van der Waals surface area (Å²) in [5.41, 5.74) is 3.61. The lowest BCUT2D eigenvalue weighted by Crippen LogP contribution is -1.93. The number of aryl methyl sites for hydroxylation is 2. The van der Waals surface area contributed by atoms with Crippen LogP contribution in [0.25, 0.3) is 0 Å². The molecule has 0 aliphatic rings. The van der Waals surface area contributed by atoms with Crippen LogP contribution in [0.15, 0.2) is 54.6 Å². The standard InChI is InChI=1S/C11H14O.C9H12O/c1-10-5-7-11(8-6-10)4-2-3-9-12;1-2-9(10)8-6-4-3-5-7-8/h5-9H,2-4H2,1H3;3-7,9-10H,2H2,1H3. The molecule has 2 heteroatoms. The van der Waals surface area contributed by atoms with Crippen LogP contribution in [-0.4, -0.2) is 11.4 Å². The van der Waals surface area contributed by atoms with E-state index in [0.717, 1.165) is 31.1 Å². The zero-order valence-corrected chi connectivity index (χ0v) is 13.5.